The Labute approximate surface area is 159 Å². The van der Waals surface area contributed by atoms with Crippen molar-refractivity contribution in [1.82, 2.24) is 15.4 Å². The molecule has 142 valence electrons. The summed E-state index contributed by atoms with van der Waals surface area (Å²) in [7, 11) is -3.26. The first kappa shape index (κ1) is 18.0. The summed E-state index contributed by atoms with van der Waals surface area (Å²) in [4.78, 5) is 19.3. The number of imidazole rings is 1. The smallest absolute Gasteiger partial charge is 0.274 e. The summed E-state index contributed by atoms with van der Waals surface area (Å²) in [5, 5.41) is 8.74. The van der Waals surface area contributed by atoms with Gasteiger partial charge in [-0.2, -0.15) is 0 Å². The van der Waals surface area contributed by atoms with Crippen molar-refractivity contribution in [3.63, 3.8) is 0 Å². The van der Waals surface area contributed by atoms with Crippen LogP contribution in [0.4, 0.5) is 0 Å². The second-order valence-corrected chi connectivity index (χ2v) is 8.23. The van der Waals surface area contributed by atoms with Gasteiger partial charge in [0.25, 0.3) is 5.91 Å². The molecule has 4 aromatic rings. The maximum absolute atomic E-state index is 11.6. The number of rotatable bonds is 4. The molecule has 0 aliphatic carbocycles. The highest BCUT2D eigenvalue weighted by Crippen LogP contribution is 2.29. The average molecular weight is 397 g/mol. The fourth-order valence-electron chi connectivity index (χ4n) is 2.82. The molecule has 0 saturated heterocycles. The quantitative estimate of drug-likeness (QED) is 0.359. The second kappa shape index (κ2) is 6.63. The minimum absolute atomic E-state index is 0.239. The van der Waals surface area contributed by atoms with Crippen LogP contribution in [0.3, 0.4) is 0 Å². The lowest BCUT2D eigenvalue weighted by Crippen LogP contribution is -2.18. The van der Waals surface area contributed by atoms with Crippen LogP contribution in [0.1, 0.15) is 10.4 Å². The zero-order chi connectivity index (χ0) is 19.9. The predicted octanol–water partition coefficient (Wildman–Crippen LogP) is 3.01. The molecular weight excluding hydrogens is 382 g/mol. The Balaban J connectivity index is 1.66. The number of benzene rings is 2. The standard InChI is InChI=1S/C19H15N3O5S/c1-28(25,26)13-5-2-11(3-6-13)16-8-9-17(27-16)18-20-14-7-4-12(19(23)22-24)10-15(14)21-18/h2-10,24H,1H3,(H,20,21)(H,22,23). The summed E-state index contributed by atoms with van der Waals surface area (Å²) in [6, 6.07) is 14.7. The van der Waals surface area contributed by atoms with E-state index in [9.17, 15) is 13.2 Å². The Morgan fingerprint density at radius 1 is 1.07 bits per heavy atom. The van der Waals surface area contributed by atoms with E-state index in [1.54, 1.807) is 47.9 Å². The number of aromatic amines is 1. The van der Waals surface area contributed by atoms with Crippen LogP contribution in [0.2, 0.25) is 0 Å². The van der Waals surface area contributed by atoms with Gasteiger partial charge in [0.15, 0.2) is 21.4 Å². The molecule has 0 aliphatic heterocycles. The fraction of sp³-hybridized carbons (Fsp3) is 0.0526. The van der Waals surface area contributed by atoms with Crippen LogP contribution in [-0.4, -0.2) is 35.8 Å². The highest BCUT2D eigenvalue weighted by molar-refractivity contribution is 7.90. The number of carbonyl (C=O) groups excluding carboxylic acids is 1. The Morgan fingerprint density at radius 2 is 1.79 bits per heavy atom. The van der Waals surface area contributed by atoms with Gasteiger partial charge in [0.05, 0.1) is 15.9 Å². The summed E-state index contributed by atoms with van der Waals surface area (Å²) >= 11 is 0. The first-order valence-electron chi connectivity index (χ1n) is 8.20. The minimum Gasteiger partial charge on any atom is -0.453 e. The van der Waals surface area contributed by atoms with E-state index in [2.05, 4.69) is 9.97 Å². The molecule has 2 aromatic heterocycles. The molecule has 0 unspecified atom stereocenters. The number of H-pyrrole nitrogens is 1. The third-order valence-electron chi connectivity index (χ3n) is 4.25. The third kappa shape index (κ3) is 3.28. The molecule has 28 heavy (non-hydrogen) atoms. The van der Waals surface area contributed by atoms with E-state index in [0.717, 1.165) is 11.8 Å². The van der Waals surface area contributed by atoms with Crippen molar-refractivity contribution in [3.05, 3.63) is 60.2 Å². The van der Waals surface area contributed by atoms with Crippen molar-refractivity contribution < 1.29 is 22.8 Å². The Kier molecular flexibility index (Phi) is 4.25. The van der Waals surface area contributed by atoms with Crippen molar-refractivity contribution in [1.29, 1.82) is 0 Å². The van der Waals surface area contributed by atoms with Crippen LogP contribution in [0.25, 0.3) is 33.9 Å². The van der Waals surface area contributed by atoms with Crippen molar-refractivity contribution in [3.8, 4) is 22.9 Å². The van der Waals surface area contributed by atoms with E-state index >= 15 is 0 Å². The van der Waals surface area contributed by atoms with Crippen LogP contribution in [0.5, 0.6) is 0 Å². The molecule has 0 saturated carbocycles. The van der Waals surface area contributed by atoms with Gasteiger partial charge in [0, 0.05) is 17.4 Å². The summed E-state index contributed by atoms with van der Waals surface area (Å²) < 4.78 is 29.0. The highest BCUT2D eigenvalue weighted by Gasteiger charge is 2.14. The molecule has 0 spiro atoms. The van der Waals surface area contributed by atoms with Crippen LogP contribution in [0.15, 0.2) is 63.9 Å². The largest absolute Gasteiger partial charge is 0.453 e. The van der Waals surface area contributed by atoms with Crippen LogP contribution < -0.4 is 5.48 Å². The van der Waals surface area contributed by atoms with Gasteiger partial charge in [0.2, 0.25) is 0 Å². The number of sulfone groups is 1. The average Bonchev–Trinajstić information content (AvgIpc) is 3.33. The van der Waals surface area contributed by atoms with E-state index in [4.69, 9.17) is 9.62 Å². The van der Waals surface area contributed by atoms with Gasteiger partial charge in [-0.25, -0.2) is 18.9 Å². The number of hydrogen-bond donors (Lipinski definition) is 3. The van der Waals surface area contributed by atoms with E-state index in [0.29, 0.717) is 28.4 Å². The van der Waals surface area contributed by atoms with Crippen molar-refractivity contribution >= 4 is 26.8 Å². The van der Waals surface area contributed by atoms with Gasteiger partial charge in [-0.3, -0.25) is 10.0 Å². The van der Waals surface area contributed by atoms with E-state index in [1.807, 2.05) is 0 Å². The van der Waals surface area contributed by atoms with Crippen LogP contribution in [0, 0.1) is 0 Å². The van der Waals surface area contributed by atoms with Crippen molar-refractivity contribution in [2.24, 2.45) is 0 Å². The van der Waals surface area contributed by atoms with Gasteiger partial charge in [-0.1, -0.05) is 0 Å². The Bertz CT molecular complexity index is 1290. The SMILES string of the molecule is CS(=O)(=O)c1ccc(-c2ccc(-c3nc4ccc(C(=O)NO)cc4[nH]3)o2)cc1. The van der Waals surface area contributed by atoms with Gasteiger partial charge < -0.3 is 9.40 Å². The number of aromatic nitrogens is 2. The molecule has 3 N–H and O–H groups in total. The Morgan fingerprint density at radius 3 is 2.46 bits per heavy atom. The van der Waals surface area contributed by atoms with Crippen molar-refractivity contribution in [2.45, 2.75) is 4.90 Å². The molecular formula is C19H15N3O5S. The fourth-order valence-corrected chi connectivity index (χ4v) is 3.45. The molecule has 1 amide bonds. The number of carbonyl (C=O) groups is 1. The Hall–Kier alpha value is -3.43. The van der Waals surface area contributed by atoms with Gasteiger partial charge in [-0.15, -0.1) is 0 Å². The number of hydroxylamine groups is 1. The zero-order valence-electron chi connectivity index (χ0n) is 14.6. The molecule has 2 heterocycles. The predicted molar refractivity (Wildman–Crippen MR) is 102 cm³/mol. The molecule has 2 aromatic carbocycles. The molecule has 0 aliphatic rings. The minimum atomic E-state index is -3.26. The second-order valence-electron chi connectivity index (χ2n) is 6.22. The number of nitrogens with one attached hydrogen (secondary N) is 2. The topological polar surface area (TPSA) is 125 Å². The van der Waals surface area contributed by atoms with Gasteiger partial charge in [-0.05, 0) is 54.6 Å². The van der Waals surface area contributed by atoms with Crippen LogP contribution >= 0.6 is 0 Å². The first-order valence-corrected chi connectivity index (χ1v) is 10.1. The van der Waals surface area contributed by atoms with Gasteiger partial charge in [0.1, 0.15) is 5.76 Å². The maximum atomic E-state index is 11.6. The van der Waals surface area contributed by atoms with E-state index < -0.39 is 15.7 Å². The molecule has 9 heteroatoms. The number of furan rings is 1. The lowest BCUT2D eigenvalue weighted by Gasteiger charge is -2.00. The van der Waals surface area contributed by atoms with Gasteiger partial charge >= 0.3 is 0 Å². The molecule has 0 bridgehead atoms. The number of nitrogens with zero attached hydrogens (tertiary/aromatic N) is 1. The normalized spacial score (nSPS) is 11.6. The highest BCUT2D eigenvalue weighted by atomic mass is 32.2. The summed E-state index contributed by atoms with van der Waals surface area (Å²) in [5.41, 5.74) is 3.87. The first-order chi connectivity index (χ1) is 13.3. The molecule has 4 rings (SSSR count). The summed E-state index contributed by atoms with van der Waals surface area (Å²) in [5.74, 6) is 0.925. The van der Waals surface area contributed by atoms with Crippen LogP contribution in [-0.2, 0) is 9.84 Å². The monoisotopic (exact) mass is 397 g/mol. The summed E-state index contributed by atoms with van der Waals surface area (Å²) in [6.45, 7) is 0. The lowest BCUT2D eigenvalue weighted by molar-refractivity contribution is 0.0706. The molecule has 0 fully saturated rings. The zero-order valence-corrected chi connectivity index (χ0v) is 15.4. The number of hydrogen-bond acceptors (Lipinski definition) is 6. The lowest BCUT2D eigenvalue weighted by atomic mass is 10.2. The van der Waals surface area contributed by atoms with E-state index in [1.165, 1.54) is 12.1 Å². The number of fused-ring (bicyclic) bond motifs is 1. The third-order valence-corrected chi connectivity index (χ3v) is 5.38. The molecule has 0 radical (unpaired) electrons. The van der Waals surface area contributed by atoms with E-state index in [-0.39, 0.29) is 10.5 Å². The molecule has 8 nitrogen and oxygen atoms in total. The number of amides is 1. The maximum Gasteiger partial charge on any atom is 0.274 e. The summed E-state index contributed by atoms with van der Waals surface area (Å²) in [6.07, 6.45) is 1.16. The van der Waals surface area contributed by atoms with Crippen molar-refractivity contribution in [2.75, 3.05) is 6.26 Å². The molecule has 0 atom stereocenters.